The zero-order valence-electron chi connectivity index (χ0n) is 12.9. The summed E-state index contributed by atoms with van der Waals surface area (Å²) in [6, 6.07) is 2.40. The molecule has 0 spiro atoms. The molecular formula is C16H19NO6. The molecule has 0 atom stereocenters. The van der Waals surface area contributed by atoms with Crippen molar-refractivity contribution in [1.29, 1.82) is 0 Å². The van der Waals surface area contributed by atoms with Crippen LogP contribution in [0.4, 0.5) is 0 Å². The fourth-order valence-corrected chi connectivity index (χ4v) is 2.45. The van der Waals surface area contributed by atoms with Gasteiger partial charge in [0, 0.05) is 18.9 Å². The minimum Gasteiger partial charge on any atom is -0.508 e. The molecule has 124 valence electrons. The number of benzene rings is 1. The van der Waals surface area contributed by atoms with Crippen LogP contribution in [0.5, 0.6) is 11.5 Å². The number of hydrogen-bond donors (Lipinski definition) is 2. The minimum atomic E-state index is -0.988. The van der Waals surface area contributed by atoms with E-state index in [0.717, 1.165) is 25.3 Å². The number of carbonyl (C=O) groups is 3. The smallest absolute Gasteiger partial charge is 0.367 e. The standard InChI is InChI=1S/C16H19NO6/c1-2-3-4-5-10-8-11(18)9-12(19)15(10)16(22)23-17-13(20)6-7-14(17)21/h8-9,18-19H,2-7H2,1H3. The minimum absolute atomic E-state index is 0.00295. The van der Waals surface area contributed by atoms with Gasteiger partial charge in [-0.25, -0.2) is 4.79 Å². The highest BCUT2D eigenvalue weighted by Gasteiger charge is 2.34. The quantitative estimate of drug-likeness (QED) is 0.614. The number of aromatic hydroxyl groups is 2. The molecule has 0 unspecified atom stereocenters. The Bertz CT molecular complexity index is 624. The van der Waals surface area contributed by atoms with Gasteiger partial charge in [0.1, 0.15) is 17.1 Å². The summed E-state index contributed by atoms with van der Waals surface area (Å²) in [6.45, 7) is 2.03. The molecule has 23 heavy (non-hydrogen) atoms. The maximum absolute atomic E-state index is 12.3. The van der Waals surface area contributed by atoms with Gasteiger partial charge < -0.3 is 15.1 Å². The lowest BCUT2D eigenvalue weighted by Gasteiger charge is -2.15. The fraction of sp³-hybridized carbons (Fsp3) is 0.438. The number of hydrogen-bond acceptors (Lipinski definition) is 6. The molecular weight excluding hydrogens is 302 g/mol. The van der Waals surface area contributed by atoms with Crippen molar-refractivity contribution in [1.82, 2.24) is 5.06 Å². The van der Waals surface area contributed by atoms with Crippen molar-refractivity contribution in [3.05, 3.63) is 23.3 Å². The Morgan fingerprint density at radius 1 is 1.17 bits per heavy atom. The molecule has 0 saturated carbocycles. The monoisotopic (exact) mass is 321 g/mol. The summed E-state index contributed by atoms with van der Waals surface area (Å²) in [5.74, 6) is -2.78. The second kappa shape index (κ2) is 7.13. The molecule has 7 heteroatoms. The molecule has 1 fully saturated rings. The van der Waals surface area contributed by atoms with E-state index in [4.69, 9.17) is 4.84 Å². The van der Waals surface area contributed by atoms with Gasteiger partial charge >= 0.3 is 5.97 Å². The maximum atomic E-state index is 12.3. The Kier molecular flexibility index (Phi) is 5.20. The van der Waals surface area contributed by atoms with E-state index in [1.807, 2.05) is 6.92 Å². The second-order valence-electron chi connectivity index (χ2n) is 5.42. The van der Waals surface area contributed by atoms with Crippen molar-refractivity contribution in [3.8, 4) is 11.5 Å². The summed E-state index contributed by atoms with van der Waals surface area (Å²) in [4.78, 5) is 40.1. The van der Waals surface area contributed by atoms with Crippen LogP contribution in [0.25, 0.3) is 0 Å². The first-order valence-corrected chi connectivity index (χ1v) is 7.57. The van der Waals surface area contributed by atoms with Gasteiger partial charge in [-0.2, -0.15) is 0 Å². The zero-order chi connectivity index (χ0) is 17.0. The van der Waals surface area contributed by atoms with Crippen LogP contribution in [0.15, 0.2) is 12.1 Å². The second-order valence-corrected chi connectivity index (χ2v) is 5.42. The highest BCUT2D eigenvalue weighted by molar-refractivity contribution is 6.03. The largest absolute Gasteiger partial charge is 0.508 e. The number of aryl methyl sites for hydroxylation is 1. The van der Waals surface area contributed by atoms with Crippen LogP contribution in [0.3, 0.4) is 0 Å². The summed E-state index contributed by atoms with van der Waals surface area (Å²) in [5.41, 5.74) is 0.284. The Morgan fingerprint density at radius 3 is 2.43 bits per heavy atom. The van der Waals surface area contributed by atoms with Crippen LogP contribution in [0, 0.1) is 0 Å². The van der Waals surface area contributed by atoms with Gasteiger partial charge in [0.2, 0.25) is 0 Å². The van der Waals surface area contributed by atoms with E-state index in [9.17, 15) is 24.6 Å². The summed E-state index contributed by atoms with van der Waals surface area (Å²) < 4.78 is 0. The van der Waals surface area contributed by atoms with E-state index < -0.39 is 23.5 Å². The first-order chi connectivity index (χ1) is 10.9. The number of amides is 2. The number of phenols is 2. The zero-order valence-corrected chi connectivity index (χ0v) is 12.9. The molecule has 1 aliphatic rings. The van der Waals surface area contributed by atoms with Crippen LogP contribution < -0.4 is 0 Å². The number of nitrogens with zero attached hydrogens (tertiary/aromatic N) is 1. The first-order valence-electron chi connectivity index (χ1n) is 7.57. The molecule has 0 bridgehead atoms. The van der Waals surface area contributed by atoms with Gasteiger partial charge in [-0.3, -0.25) is 9.59 Å². The van der Waals surface area contributed by atoms with E-state index in [0.29, 0.717) is 17.0 Å². The number of imide groups is 1. The van der Waals surface area contributed by atoms with Crippen molar-refractivity contribution in [2.45, 2.75) is 45.4 Å². The summed E-state index contributed by atoms with van der Waals surface area (Å²) in [5, 5.41) is 20.0. The van der Waals surface area contributed by atoms with E-state index in [1.54, 1.807) is 0 Å². The van der Waals surface area contributed by atoms with E-state index in [-0.39, 0.29) is 24.2 Å². The predicted molar refractivity (Wildman–Crippen MR) is 79.5 cm³/mol. The van der Waals surface area contributed by atoms with E-state index >= 15 is 0 Å². The summed E-state index contributed by atoms with van der Waals surface area (Å²) >= 11 is 0. The molecule has 2 rings (SSSR count). The van der Waals surface area contributed by atoms with Gasteiger partial charge in [0.15, 0.2) is 0 Å². The molecule has 2 amide bonds. The van der Waals surface area contributed by atoms with Crippen molar-refractivity contribution >= 4 is 17.8 Å². The van der Waals surface area contributed by atoms with Crippen molar-refractivity contribution in [2.24, 2.45) is 0 Å². The van der Waals surface area contributed by atoms with Crippen molar-refractivity contribution in [2.75, 3.05) is 0 Å². The number of rotatable bonds is 6. The van der Waals surface area contributed by atoms with E-state index in [1.165, 1.54) is 6.07 Å². The highest BCUT2D eigenvalue weighted by Crippen LogP contribution is 2.30. The summed E-state index contributed by atoms with van der Waals surface area (Å²) in [6.07, 6.45) is 3.12. The predicted octanol–water partition coefficient (Wildman–Crippen LogP) is 2.05. The highest BCUT2D eigenvalue weighted by atomic mass is 16.7. The Hall–Kier alpha value is -2.57. The lowest BCUT2D eigenvalue weighted by atomic mass is 10.00. The van der Waals surface area contributed by atoms with Gasteiger partial charge in [0.05, 0.1) is 0 Å². The molecule has 0 aromatic heterocycles. The average Bonchev–Trinajstić information content (AvgIpc) is 2.78. The molecule has 1 heterocycles. The van der Waals surface area contributed by atoms with Gasteiger partial charge in [-0.1, -0.05) is 19.8 Å². The molecule has 1 saturated heterocycles. The summed E-state index contributed by atoms with van der Waals surface area (Å²) in [7, 11) is 0. The fourth-order valence-electron chi connectivity index (χ4n) is 2.45. The van der Waals surface area contributed by atoms with Crippen molar-refractivity contribution in [3.63, 3.8) is 0 Å². The molecule has 0 aliphatic carbocycles. The Balaban J connectivity index is 2.24. The molecule has 7 nitrogen and oxygen atoms in total. The van der Waals surface area contributed by atoms with Crippen LogP contribution in [-0.4, -0.2) is 33.1 Å². The molecule has 0 radical (unpaired) electrons. The SMILES string of the molecule is CCCCCc1cc(O)cc(O)c1C(=O)ON1C(=O)CCC1=O. The van der Waals surface area contributed by atoms with Crippen LogP contribution in [0.1, 0.15) is 54.9 Å². The number of carbonyl (C=O) groups excluding carboxylic acids is 3. The molecule has 1 aromatic carbocycles. The number of unbranched alkanes of at least 4 members (excludes halogenated alkanes) is 2. The Labute approximate surface area is 133 Å². The lowest BCUT2D eigenvalue weighted by Crippen LogP contribution is -2.32. The first kappa shape index (κ1) is 16.8. The van der Waals surface area contributed by atoms with Gasteiger partial charge in [-0.15, -0.1) is 5.06 Å². The van der Waals surface area contributed by atoms with E-state index in [2.05, 4.69) is 0 Å². The maximum Gasteiger partial charge on any atom is 0.367 e. The lowest BCUT2D eigenvalue weighted by molar-refractivity contribution is -0.172. The Morgan fingerprint density at radius 2 is 1.83 bits per heavy atom. The van der Waals surface area contributed by atoms with Crippen LogP contribution in [-0.2, 0) is 20.8 Å². The topological polar surface area (TPSA) is 104 Å². The normalized spacial score (nSPS) is 14.4. The molecule has 1 aliphatic heterocycles. The molecule has 1 aromatic rings. The third kappa shape index (κ3) is 3.80. The van der Waals surface area contributed by atoms with Gasteiger partial charge in [-0.05, 0) is 24.5 Å². The molecule has 2 N–H and O–H groups in total. The van der Waals surface area contributed by atoms with Crippen LogP contribution >= 0.6 is 0 Å². The van der Waals surface area contributed by atoms with Crippen molar-refractivity contribution < 1.29 is 29.4 Å². The third-order valence-electron chi connectivity index (χ3n) is 3.62. The van der Waals surface area contributed by atoms with Gasteiger partial charge in [0.25, 0.3) is 11.8 Å². The average molecular weight is 321 g/mol. The number of hydroxylamine groups is 2. The third-order valence-corrected chi connectivity index (χ3v) is 3.62. The van der Waals surface area contributed by atoms with Crippen LogP contribution in [0.2, 0.25) is 0 Å². The number of phenolic OH excluding ortho intramolecular Hbond substituents is 2.